The minimum Gasteiger partial charge on any atom is -0.497 e. The van der Waals surface area contributed by atoms with Crippen LogP contribution in [0.4, 0.5) is 5.95 Å². The van der Waals surface area contributed by atoms with E-state index in [1.807, 2.05) is 19.1 Å². The molecule has 4 rings (SSSR count). The molecule has 0 bridgehead atoms. The van der Waals surface area contributed by atoms with E-state index in [0.717, 1.165) is 16.9 Å². The van der Waals surface area contributed by atoms with Crippen LogP contribution in [0.2, 0.25) is 0 Å². The third-order valence-corrected chi connectivity index (χ3v) is 3.81. The summed E-state index contributed by atoms with van der Waals surface area (Å²) in [7, 11) is 1.65. The molecule has 1 aromatic carbocycles. The number of nitrogens with two attached hydrogens (primary N) is 1. The summed E-state index contributed by atoms with van der Waals surface area (Å²) < 4.78 is 12.4. The van der Waals surface area contributed by atoms with Crippen molar-refractivity contribution in [3.8, 4) is 17.2 Å². The standard InChI is InChI=1S/C17H16N6O2/c1-10-6-11(8-12(7-10)24-2)9-23-16-15(21-22-23)14(19-17(18)20-16)13-4-3-5-25-13/h3-8H,9H2,1-2H3,(H2,18,19,20). The Balaban J connectivity index is 1.80. The van der Waals surface area contributed by atoms with E-state index in [4.69, 9.17) is 14.9 Å². The zero-order valence-electron chi connectivity index (χ0n) is 13.8. The molecule has 0 aliphatic rings. The molecule has 0 saturated heterocycles. The summed E-state index contributed by atoms with van der Waals surface area (Å²) in [5, 5.41) is 8.43. The lowest BCUT2D eigenvalue weighted by atomic mass is 10.1. The van der Waals surface area contributed by atoms with Gasteiger partial charge in [0.2, 0.25) is 5.95 Å². The molecule has 0 fully saturated rings. The maximum atomic E-state index is 5.87. The first kappa shape index (κ1) is 15.1. The molecule has 25 heavy (non-hydrogen) atoms. The third kappa shape index (κ3) is 2.78. The van der Waals surface area contributed by atoms with E-state index < -0.39 is 0 Å². The number of furan rings is 1. The summed E-state index contributed by atoms with van der Waals surface area (Å²) in [5.74, 6) is 1.51. The Labute approximate surface area is 143 Å². The number of rotatable bonds is 4. The lowest BCUT2D eigenvalue weighted by Crippen LogP contribution is -2.05. The molecule has 8 nitrogen and oxygen atoms in total. The number of ether oxygens (including phenoxy) is 1. The molecule has 0 atom stereocenters. The SMILES string of the molecule is COc1cc(C)cc(Cn2nnc3c(-c4ccco4)nc(N)nc32)c1. The van der Waals surface area contributed by atoms with Crippen molar-refractivity contribution in [1.29, 1.82) is 0 Å². The molecule has 0 aliphatic carbocycles. The second-order valence-electron chi connectivity index (χ2n) is 5.69. The highest BCUT2D eigenvalue weighted by molar-refractivity contribution is 5.85. The van der Waals surface area contributed by atoms with Gasteiger partial charge in [0.1, 0.15) is 11.4 Å². The minimum absolute atomic E-state index is 0.143. The van der Waals surface area contributed by atoms with E-state index in [1.165, 1.54) is 0 Å². The highest BCUT2D eigenvalue weighted by atomic mass is 16.5. The maximum absolute atomic E-state index is 5.87. The van der Waals surface area contributed by atoms with Crippen LogP contribution in [0, 0.1) is 6.92 Å². The summed E-state index contributed by atoms with van der Waals surface area (Å²) in [5.41, 5.74) is 9.63. The van der Waals surface area contributed by atoms with Crippen molar-refractivity contribution in [2.45, 2.75) is 13.5 Å². The minimum atomic E-state index is 0.143. The first-order valence-electron chi connectivity index (χ1n) is 7.69. The first-order valence-corrected chi connectivity index (χ1v) is 7.69. The summed E-state index contributed by atoms with van der Waals surface area (Å²) in [6.07, 6.45) is 1.57. The topological polar surface area (TPSA) is 105 Å². The first-order chi connectivity index (χ1) is 12.1. The molecule has 0 radical (unpaired) electrons. The Hall–Kier alpha value is -3.42. The second kappa shape index (κ2) is 5.90. The number of aryl methyl sites for hydroxylation is 1. The Bertz CT molecular complexity index is 1040. The van der Waals surface area contributed by atoms with Crippen LogP contribution < -0.4 is 10.5 Å². The van der Waals surface area contributed by atoms with Crippen molar-refractivity contribution in [2.75, 3.05) is 12.8 Å². The van der Waals surface area contributed by atoms with E-state index in [9.17, 15) is 0 Å². The monoisotopic (exact) mass is 336 g/mol. The average molecular weight is 336 g/mol. The number of benzene rings is 1. The van der Waals surface area contributed by atoms with E-state index >= 15 is 0 Å². The smallest absolute Gasteiger partial charge is 0.222 e. The van der Waals surface area contributed by atoms with Crippen LogP contribution in [0.5, 0.6) is 5.75 Å². The quantitative estimate of drug-likeness (QED) is 0.610. The Kier molecular flexibility index (Phi) is 3.57. The Morgan fingerprint density at radius 3 is 2.88 bits per heavy atom. The van der Waals surface area contributed by atoms with Crippen molar-refractivity contribution in [1.82, 2.24) is 25.0 Å². The molecule has 0 unspecified atom stereocenters. The summed E-state index contributed by atoms with van der Waals surface area (Å²) >= 11 is 0. The molecule has 0 aliphatic heterocycles. The van der Waals surface area contributed by atoms with Gasteiger partial charge in [0.05, 0.1) is 19.9 Å². The number of nitrogens with zero attached hydrogens (tertiary/aromatic N) is 5. The molecule has 3 aromatic heterocycles. The average Bonchev–Trinajstić information content (AvgIpc) is 3.24. The number of nitrogen functional groups attached to an aromatic ring is 1. The highest BCUT2D eigenvalue weighted by Gasteiger charge is 2.17. The number of fused-ring (bicyclic) bond motifs is 1. The predicted molar refractivity (Wildman–Crippen MR) is 92.1 cm³/mol. The Morgan fingerprint density at radius 2 is 2.12 bits per heavy atom. The fraction of sp³-hybridized carbons (Fsp3) is 0.176. The van der Waals surface area contributed by atoms with Gasteiger partial charge in [0.25, 0.3) is 0 Å². The van der Waals surface area contributed by atoms with Crippen LogP contribution >= 0.6 is 0 Å². The van der Waals surface area contributed by atoms with Gasteiger partial charge < -0.3 is 14.9 Å². The van der Waals surface area contributed by atoms with Gasteiger partial charge in [0, 0.05) is 0 Å². The number of aromatic nitrogens is 5. The van der Waals surface area contributed by atoms with Gasteiger partial charge in [-0.25, -0.2) is 9.67 Å². The van der Waals surface area contributed by atoms with Gasteiger partial charge in [-0.2, -0.15) is 4.98 Å². The van der Waals surface area contributed by atoms with Crippen molar-refractivity contribution in [2.24, 2.45) is 0 Å². The van der Waals surface area contributed by atoms with Crippen molar-refractivity contribution >= 4 is 17.1 Å². The van der Waals surface area contributed by atoms with E-state index in [2.05, 4.69) is 26.3 Å². The number of methoxy groups -OCH3 is 1. The third-order valence-electron chi connectivity index (χ3n) is 3.81. The lowest BCUT2D eigenvalue weighted by molar-refractivity contribution is 0.413. The van der Waals surface area contributed by atoms with Gasteiger partial charge in [0.15, 0.2) is 16.9 Å². The van der Waals surface area contributed by atoms with Gasteiger partial charge in [-0.05, 0) is 42.3 Å². The molecule has 0 amide bonds. The molecule has 8 heteroatoms. The molecule has 4 aromatic rings. The summed E-state index contributed by atoms with van der Waals surface area (Å²) in [4.78, 5) is 8.54. The molecule has 126 valence electrons. The summed E-state index contributed by atoms with van der Waals surface area (Å²) in [6.45, 7) is 2.50. The molecule has 2 N–H and O–H groups in total. The van der Waals surface area contributed by atoms with Crippen molar-refractivity contribution in [3.05, 3.63) is 47.7 Å². The second-order valence-corrected chi connectivity index (χ2v) is 5.69. The molecular formula is C17H16N6O2. The number of hydrogen-bond acceptors (Lipinski definition) is 7. The van der Waals surface area contributed by atoms with Crippen LogP contribution in [0.1, 0.15) is 11.1 Å². The van der Waals surface area contributed by atoms with Crippen molar-refractivity contribution in [3.63, 3.8) is 0 Å². The lowest BCUT2D eigenvalue weighted by Gasteiger charge is -2.07. The highest BCUT2D eigenvalue weighted by Crippen LogP contribution is 2.26. The van der Waals surface area contributed by atoms with Crippen LogP contribution in [-0.4, -0.2) is 32.1 Å². The molecular weight excluding hydrogens is 320 g/mol. The fourth-order valence-electron chi connectivity index (χ4n) is 2.77. The largest absolute Gasteiger partial charge is 0.497 e. The molecule has 0 spiro atoms. The van der Waals surface area contributed by atoms with Gasteiger partial charge >= 0.3 is 0 Å². The number of anilines is 1. The van der Waals surface area contributed by atoms with Gasteiger partial charge in [-0.1, -0.05) is 11.3 Å². The predicted octanol–water partition coefficient (Wildman–Crippen LogP) is 2.43. The maximum Gasteiger partial charge on any atom is 0.222 e. The van der Waals surface area contributed by atoms with Gasteiger partial charge in [-0.3, -0.25) is 0 Å². The van der Waals surface area contributed by atoms with E-state index in [0.29, 0.717) is 29.2 Å². The Morgan fingerprint density at radius 1 is 1.24 bits per heavy atom. The summed E-state index contributed by atoms with van der Waals surface area (Å²) in [6, 6.07) is 9.57. The molecule has 3 heterocycles. The van der Waals surface area contributed by atoms with Gasteiger partial charge in [-0.15, -0.1) is 5.10 Å². The van der Waals surface area contributed by atoms with Crippen LogP contribution in [0.25, 0.3) is 22.6 Å². The van der Waals surface area contributed by atoms with Crippen molar-refractivity contribution < 1.29 is 9.15 Å². The van der Waals surface area contributed by atoms with Crippen LogP contribution in [0.15, 0.2) is 41.0 Å². The fourth-order valence-corrected chi connectivity index (χ4v) is 2.77. The zero-order chi connectivity index (χ0) is 17.4. The van der Waals surface area contributed by atoms with E-state index in [1.54, 1.807) is 30.2 Å². The van der Waals surface area contributed by atoms with Crippen LogP contribution in [0.3, 0.4) is 0 Å². The van der Waals surface area contributed by atoms with Crippen LogP contribution in [-0.2, 0) is 6.54 Å². The zero-order valence-corrected chi connectivity index (χ0v) is 13.8. The normalized spacial score (nSPS) is 11.1. The number of hydrogen-bond donors (Lipinski definition) is 1. The molecule has 0 saturated carbocycles. The van der Waals surface area contributed by atoms with E-state index in [-0.39, 0.29) is 5.95 Å².